The van der Waals surface area contributed by atoms with Gasteiger partial charge in [0.1, 0.15) is 0 Å². The van der Waals surface area contributed by atoms with Crippen molar-refractivity contribution in [1.82, 2.24) is 0 Å². The fourth-order valence-electron chi connectivity index (χ4n) is 0.143. The monoisotopic (exact) mass is 428 g/mol. The molecule has 0 aliphatic rings. The average Bonchev–Trinajstić information content (AvgIpc) is 2.43. The van der Waals surface area contributed by atoms with Crippen LogP contribution in [-0.4, -0.2) is 77.5 Å². The molecule has 14 heteroatoms. The number of hydrogen-bond donors (Lipinski definition) is 7. The lowest BCUT2D eigenvalue weighted by molar-refractivity contribution is -0.135. The minimum absolute atomic E-state index is 0.558. The molecule has 0 atom stereocenters. The van der Waals surface area contributed by atoms with Crippen molar-refractivity contribution in [3.8, 4) is 0 Å². The SMILES string of the molecule is C=CC(=O)O.CC(=O)O.CC(=O)O.CC(=O)O.CC(=O)O.O=C(O)C=CC(=O)O. The Labute approximate surface area is 164 Å². The Morgan fingerprint density at radius 2 is 0.586 bits per heavy atom. The van der Waals surface area contributed by atoms with Gasteiger partial charge in [-0.25, -0.2) is 14.4 Å². The maximum absolute atomic E-state index is 9.55. The van der Waals surface area contributed by atoms with Gasteiger partial charge >= 0.3 is 17.9 Å². The molecule has 0 radical (unpaired) electrons. The van der Waals surface area contributed by atoms with Gasteiger partial charge in [0.2, 0.25) is 0 Å². The molecule has 0 saturated heterocycles. The number of carbonyl (C=O) groups is 7. The molecule has 0 rings (SSSR count). The molecule has 7 N–H and O–H groups in total. The first-order chi connectivity index (χ1) is 12.8. The molecule has 0 aromatic rings. The summed E-state index contributed by atoms with van der Waals surface area (Å²) < 4.78 is 0. The molecule has 14 nitrogen and oxygen atoms in total. The molecule has 0 heterocycles. The van der Waals surface area contributed by atoms with Gasteiger partial charge in [0.05, 0.1) is 0 Å². The van der Waals surface area contributed by atoms with Gasteiger partial charge in [-0.05, 0) is 0 Å². The molecule has 0 aromatic heterocycles. The Kier molecular flexibility index (Phi) is 43.2. The van der Waals surface area contributed by atoms with E-state index in [4.69, 9.17) is 54.9 Å². The van der Waals surface area contributed by atoms with Crippen molar-refractivity contribution in [1.29, 1.82) is 0 Å². The third kappa shape index (κ3) is 1470. The van der Waals surface area contributed by atoms with Gasteiger partial charge < -0.3 is 35.7 Å². The lowest BCUT2D eigenvalue weighted by atomic mass is 10.5. The molecule has 29 heavy (non-hydrogen) atoms. The predicted octanol–water partition coefficient (Wildman–Crippen LogP) is 0.332. The van der Waals surface area contributed by atoms with E-state index in [1.54, 1.807) is 0 Å². The van der Waals surface area contributed by atoms with Crippen LogP contribution in [0.3, 0.4) is 0 Å². The van der Waals surface area contributed by atoms with Gasteiger partial charge in [-0.2, -0.15) is 0 Å². The second-order valence-electron chi connectivity index (χ2n) is 3.63. The first-order valence-corrected chi connectivity index (χ1v) is 6.60. The van der Waals surface area contributed by atoms with Crippen LogP contribution in [0.4, 0.5) is 0 Å². The van der Waals surface area contributed by atoms with Crippen LogP contribution in [0.1, 0.15) is 27.7 Å². The molecule has 0 spiro atoms. The Balaban J connectivity index is -0.0000000563. The Bertz CT molecular complexity index is 479. The van der Waals surface area contributed by atoms with Crippen LogP contribution in [0, 0.1) is 0 Å². The first kappa shape index (κ1) is 39.7. The average molecular weight is 428 g/mol. The number of aliphatic carboxylic acids is 7. The third-order valence-corrected chi connectivity index (χ3v) is 0.543. The fourth-order valence-corrected chi connectivity index (χ4v) is 0.143. The van der Waals surface area contributed by atoms with Gasteiger partial charge in [0, 0.05) is 45.9 Å². The second kappa shape index (κ2) is 31.5. The predicted molar refractivity (Wildman–Crippen MR) is 95.5 cm³/mol. The molecular weight excluding hydrogens is 404 g/mol. The van der Waals surface area contributed by atoms with Crippen molar-refractivity contribution in [3.05, 3.63) is 24.8 Å². The first-order valence-electron chi connectivity index (χ1n) is 6.60. The standard InChI is InChI=1S/C4H4O4.C3H4O2.4C2H4O2/c5-3(6)1-2-4(7)8;1-2-3(4)5;4*1-2(3)4/h1-2H,(H,5,6)(H,7,8);2H,1H2,(H,4,5);4*1H3,(H,3,4). The molecule has 0 saturated carbocycles. The zero-order chi connectivity index (χ0) is 25.2. The van der Waals surface area contributed by atoms with Crippen molar-refractivity contribution >= 4 is 41.8 Å². The lowest BCUT2D eigenvalue weighted by Crippen LogP contribution is -1.91. The molecule has 0 bridgehead atoms. The van der Waals surface area contributed by atoms with Crippen LogP contribution in [0.25, 0.3) is 0 Å². The minimum Gasteiger partial charge on any atom is -0.481 e. The van der Waals surface area contributed by atoms with Crippen LogP contribution in [-0.2, 0) is 33.6 Å². The highest BCUT2D eigenvalue weighted by Crippen LogP contribution is 1.70. The molecule has 0 aliphatic carbocycles. The number of hydrogen-bond acceptors (Lipinski definition) is 7. The van der Waals surface area contributed by atoms with Gasteiger partial charge in [-0.1, -0.05) is 6.58 Å². The zero-order valence-electron chi connectivity index (χ0n) is 15.9. The Morgan fingerprint density at radius 3 is 0.621 bits per heavy atom. The number of rotatable bonds is 3. The van der Waals surface area contributed by atoms with Crippen molar-refractivity contribution in [2.75, 3.05) is 0 Å². The van der Waals surface area contributed by atoms with E-state index in [-0.39, 0.29) is 0 Å². The van der Waals surface area contributed by atoms with Gasteiger partial charge in [-0.3, -0.25) is 19.2 Å². The second-order valence-corrected chi connectivity index (χ2v) is 3.63. The van der Waals surface area contributed by atoms with Crippen LogP contribution in [0.15, 0.2) is 24.8 Å². The smallest absolute Gasteiger partial charge is 0.328 e. The topological polar surface area (TPSA) is 261 Å². The van der Waals surface area contributed by atoms with E-state index in [9.17, 15) is 14.4 Å². The quantitative estimate of drug-likeness (QED) is 0.299. The highest BCUT2D eigenvalue weighted by Gasteiger charge is 1.88. The molecule has 0 unspecified atom stereocenters. The number of carboxylic acid groups (broad SMARTS) is 7. The van der Waals surface area contributed by atoms with E-state index in [0.717, 1.165) is 33.8 Å². The van der Waals surface area contributed by atoms with E-state index in [1.165, 1.54) is 0 Å². The summed E-state index contributed by atoms with van der Waals surface area (Å²) in [4.78, 5) is 64.4. The Morgan fingerprint density at radius 1 is 0.483 bits per heavy atom. The van der Waals surface area contributed by atoms with Crippen LogP contribution in [0.5, 0.6) is 0 Å². The summed E-state index contributed by atoms with van der Waals surface area (Å²) in [6.07, 6.45) is 1.95. The summed E-state index contributed by atoms with van der Waals surface area (Å²) in [7, 11) is 0. The van der Waals surface area contributed by atoms with Crippen molar-refractivity contribution in [2.24, 2.45) is 0 Å². The molecule has 0 aromatic carbocycles. The summed E-state index contributed by atoms with van der Waals surface area (Å²) in [5, 5.41) is 52.9. The molecule has 0 fully saturated rings. The summed E-state index contributed by atoms with van der Waals surface area (Å²) >= 11 is 0. The highest BCUT2D eigenvalue weighted by molar-refractivity contribution is 5.89. The fraction of sp³-hybridized carbons (Fsp3) is 0.267. The van der Waals surface area contributed by atoms with E-state index in [1.807, 2.05) is 0 Å². The summed E-state index contributed by atoms with van der Waals surface area (Å²) in [6, 6.07) is 0. The maximum Gasteiger partial charge on any atom is 0.328 e. The molecule has 0 aliphatic heterocycles. The van der Waals surface area contributed by atoms with Crippen LogP contribution >= 0.6 is 0 Å². The summed E-state index contributed by atoms with van der Waals surface area (Å²) in [5.41, 5.74) is 0. The van der Waals surface area contributed by atoms with Gasteiger partial charge in [0.15, 0.2) is 0 Å². The zero-order valence-corrected chi connectivity index (χ0v) is 15.9. The highest BCUT2D eigenvalue weighted by atomic mass is 16.4. The molecular formula is C15H24O14. The van der Waals surface area contributed by atoms with Gasteiger partial charge in [-0.15, -0.1) is 0 Å². The summed E-state index contributed by atoms with van der Waals surface area (Å²) in [6.45, 7) is 7.29. The van der Waals surface area contributed by atoms with E-state index >= 15 is 0 Å². The Hall–Kier alpha value is -4.23. The largest absolute Gasteiger partial charge is 0.481 e. The molecule has 168 valence electrons. The molecule has 0 amide bonds. The summed E-state index contributed by atoms with van der Waals surface area (Å²) in [5.74, 6) is -6.83. The number of carboxylic acids is 7. The minimum atomic E-state index is -1.26. The van der Waals surface area contributed by atoms with E-state index in [0.29, 0.717) is 12.2 Å². The maximum atomic E-state index is 9.55. The van der Waals surface area contributed by atoms with E-state index < -0.39 is 41.8 Å². The van der Waals surface area contributed by atoms with Crippen molar-refractivity contribution < 1.29 is 69.3 Å². The van der Waals surface area contributed by atoms with Crippen molar-refractivity contribution in [3.63, 3.8) is 0 Å². The normalized spacial score (nSPS) is 7.17. The van der Waals surface area contributed by atoms with Gasteiger partial charge in [0.25, 0.3) is 23.9 Å². The third-order valence-electron chi connectivity index (χ3n) is 0.543. The van der Waals surface area contributed by atoms with Crippen LogP contribution in [0.2, 0.25) is 0 Å². The lowest BCUT2D eigenvalue weighted by Gasteiger charge is -1.74. The van der Waals surface area contributed by atoms with Crippen molar-refractivity contribution in [2.45, 2.75) is 27.7 Å². The van der Waals surface area contributed by atoms with Crippen LogP contribution < -0.4 is 0 Å². The van der Waals surface area contributed by atoms with E-state index in [2.05, 4.69) is 6.58 Å².